The van der Waals surface area contributed by atoms with Crippen LogP contribution in [0.2, 0.25) is 5.02 Å². The average molecular weight is 274 g/mol. The van der Waals surface area contributed by atoms with Gasteiger partial charge in [-0.3, -0.25) is 4.79 Å². The minimum atomic E-state index is -0.312. The van der Waals surface area contributed by atoms with E-state index in [2.05, 4.69) is 11.9 Å². The highest BCUT2D eigenvalue weighted by atomic mass is 35.5. The lowest BCUT2D eigenvalue weighted by atomic mass is 10.1. The van der Waals surface area contributed by atoms with Crippen LogP contribution in [0.5, 0.6) is 5.75 Å². The van der Waals surface area contributed by atoms with Crippen LogP contribution in [0.4, 0.5) is 5.69 Å². The maximum absolute atomic E-state index is 12.0. The number of aromatic hydroxyl groups is 1. The van der Waals surface area contributed by atoms with E-state index in [9.17, 15) is 9.90 Å². The summed E-state index contributed by atoms with van der Waals surface area (Å²) in [6.45, 7) is 3.65. The van der Waals surface area contributed by atoms with Crippen molar-refractivity contribution in [3.8, 4) is 5.75 Å². The smallest absolute Gasteiger partial charge is 0.255 e. The molecule has 96 valence electrons. The van der Waals surface area contributed by atoms with Gasteiger partial charge in [0.25, 0.3) is 5.91 Å². The Hall–Kier alpha value is -2.26. The van der Waals surface area contributed by atoms with Gasteiger partial charge in [-0.1, -0.05) is 36.4 Å². The van der Waals surface area contributed by atoms with Crippen molar-refractivity contribution in [1.29, 1.82) is 0 Å². The van der Waals surface area contributed by atoms with Crippen molar-refractivity contribution in [2.45, 2.75) is 0 Å². The van der Waals surface area contributed by atoms with Crippen molar-refractivity contribution in [3.05, 3.63) is 65.2 Å². The third kappa shape index (κ3) is 3.14. The molecule has 19 heavy (non-hydrogen) atoms. The van der Waals surface area contributed by atoms with E-state index in [1.165, 1.54) is 12.1 Å². The number of rotatable bonds is 3. The van der Waals surface area contributed by atoms with Crippen molar-refractivity contribution in [1.82, 2.24) is 0 Å². The molecule has 0 aromatic heterocycles. The minimum absolute atomic E-state index is 0.0274. The maximum atomic E-state index is 12.0. The molecule has 0 saturated heterocycles. The van der Waals surface area contributed by atoms with Crippen LogP contribution in [0.15, 0.2) is 49.0 Å². The summed E-state index contributed by atoms with van der Waals surface area (Å²) >= 11 is 5.81. The molecule has 0 aliphatic heterocycles. The van der Waals surface area contributed by atoms with Crippen LogP contribution in [0.25, 0.3) is 6.08 Å². The van der Waals surface area contributed by atoms with Gasteiger partial charge in [-0.05, 0) is 35.9 Å². The van der Waals surface area contributed by atoms with E-state index in [0.717, 1.165) is 5.56 Å². The van der Waals surface area contributed by atoms with Gasteiger partial charge in [0.1, 0.15) is 5.75 Å². The molecule has 0 fully saturated rings. The number of phenolic OH excluding ortho intramolecular Hbond substituents is 1. The van der Waals surface area contributed by atoms with E-state index >= 15 is 0 Å². The zero-order valence-electron chi connectivity index (χ0n) is 10.1. The first-order chi connectivity index (χ1) is 9.10. The summed E-state index contributed by atoms with van der Waals surface area (Å²) in [4.78, 5) is 12.0. The van der Waals surface area contributed by atoms with Gasteiger partial charge < -0.3 is 10.4 Å². The van der Waals surface area contributed by atoms with Crippen molar-refractivity contribution in [3.63, 3.8) is 0 Å². The molecule has 0 aliphatic rings. The molecule has 4 heteroatoms. The van der Waals surface area contributed by atoms with Crippen LogP contribution < -0.4 is 5.32 Å². The van der Waals surface area contributed by atoms with E-state index in [4.69, 9.17) is 11.6 Å². The molecule has 0 heterocycles. The molecule has 2 rings (SSSR count). The highest BCUT2D eigenvalue weighted by Crippen LogP contribution is 2.26. The molecule has 1 amide bonds. The Kier molecular flexibility index (Phi) is 3.88. The quantitative estimate of drug-likeness (QED) is 0.832. The SMILES string of the molecule is C=Cc1ccc(C(=O)Nc2cc(Cl)ccc2O)cc1. The molecule has 3 nitrogen and oxygen atoms in total. The molecule has 0 radical (unpaired) electrons. The Morgan fingerprint density at radius 2 is 1.89 bits per heavy atom. The number of hydrogen-bond donors (Lipinski definition) is 2. The number of anilines is 1. The van der Waals surface area contributed by atoms with E-state index in [1.807, 2.05) is 0 Å². The molecule has 2 aromatic carbocycles. The molecule has 0 spiro atoms. The first kappa shape index (κ1) is 13.2. The fraction of sp³-hybridized carbons (Fsp3) is 0. The van der Waals surface area contributed by atoms with Crippen LogP contribution in [0, 0.1) is 0 Å². The van der Waals surface area contributed by atoms with Crippen molar-refractivity contribution in [2.24, 2.45) is 0 Å². The summed E-state index contributed by atoms with van der Waals surface area (Å²) in [7, 11) is 0. The molecule has 0 unspecified atom stereocenters. The molecule has 2 aromatic rings. The van der Waals surface area contributed by atoms with Gasteiger partial charge in [-0.25, -0.2) is 0 Å². The Morgan fingerprint density at radius 1 is 1.21 bits per heavy atom. The molecule has 2 N–H and O–H groups in total. The zero-order valence-corrected chi connectivity index (χ0v) is 10.8. The normalized spacial score (nSPS) is 9.95. The van der Waals surface area contributed by atoms with Gasteiger partial charge in [-0.15, -0.1) is 0 Å². The number of hydrogen-bond acceptors (Lipinski definition) is 2. The average Bonchev–Trinajstić information content (AvgIpc) is 2.43. The second kappa shape index (κ2) is 5.59. The predicted octanol–water partition coefficient (Wildman–Crippen LogP) is 3.94. The monoisotopic (exact) mass is 273 g/mol. The summed E-state index contributed by atoms with van der Waals surface area (Å²) < 4.78 is 0. The summed E-state index contributed by atoms with van der Waals surface area (Å²) in [5.74, 6) is -0.339. The first-order valence-electron chi connectivity index (χ1n) is 5.62. The van der Waals surface area contributed by atoms with Crippen molar-refractivity contribution in [2.75, 3.05) is 5.32 Å². The van der Waals surface area contributed by atoms with Gasteiger partial charge in [0.15, 0.2) is 0 Å². The molecule has 0 atom stereocenters. The van der Waals surface area contributed by atoms with E-state index in [0.29, 0.717) is 10.6 Å². The lowest BCUT2D eigenvalue weighted by molar-refractivity contribution is 0.102. The lowest BCUT2D eigenvalue weighted by Gasteiger charge is -2.08. The third-order valence-electron chi connectivity index (χ3n) is 2.62. The lowest BCUT2D eigenvalue weighted by Crippen LogP contribution is -2.11. The molecule has 0 aliphatic carbocycles. The second-order valence-corrected chi connectivity index (χ2v) is 4.38. The Balaban J connectivity index is 2.20. The first-order valence-corrected chi connectivity index (χ1v) is 6.00. The molecule has 0 saturated carbocycles. The number of carbonyl (C=O) groups is 1. The van der Waals surface area contributed by atoms with Gasteiger partial charge >= 0.3 is 0 Å². The van der Waals surface area contributed by atoms with Gasteiger partial charge in [0, 0.05) is 10.6 Å². The van der Waals surface area contributed by atoms with E-state index < -0.39 is 0 Å². The Labute approximate surface area is 116 Å². The van der Waals surface area contributed by atoms with Crippen LogP contribution in [0.1, 0.15) is 15.9 Å². The number of halogens is 1. The Morgan fingerprint density at radius 3 is 2.53 bits per heavy atom. The number of phenols is 1. The van der Waals surface area contributed by atoms with Crippen LogP contribution in [-0.2, 0) is 0 Å². The van der Waals surface area contributed by atoms with E-state index in [1.54, 1.807) is 36.4 Å². The maximum Gasteiger partial charge on any atom is 0.255 e. The zero-order chi connectivity index (χ0) is 13.8. The summed E-state index contributed by atoms with van der Waals surface area (Å²) in [5, 5.41) is 12.7. The minimum Gasteiger partial charge on any atom is -0.506 e. The van der Waals surface area contributed by atoms with Crippen LogP contribution >= 0.6 is 11.6 Å². The predicted molar refractivity (Wildman–Crippen MR) is 77.6 cm³/mol. The summed E-state index contributed by atoms with van der Waals surface area (Å²) in [6, 6.07) is 11.4. The molecule has 0 bridgehead atoms. The second-order valence-electron chi connectivity index (χ2n) is 3.94. The number of nitrogens with one attached hydrogen (secondary N) is 1. The highest BCUT2D eigenvalue weighted by molar-refractivity contribution is 6.31. The number of amides is 1. The van der Waals surface area contributed by atoms with Crippen molar-refractivity contribution >= 4 is 29.3 Å². The topological polar surface area (TPSA) is 49.3 Å². The van der Waals surface area contributed by atoms with Crippen LogP contribution in [0.3, 0.4) is 0 Å². The van der Waals surface area contributed by atoms with Gasteiger partial charge in [0.05, 0.1) is 5.69 Å². The van der Waals surface area contributed by atoms with Crippen LogP contribution in [-0.4, -0.2) is 11.0 Å². The largest absolute Gasteiger partial charge is 0.506 e. The fourth-order valence-electron chi connectivity index (χ4n) is 1.57. The third-order valence-corrected chi connectivity index (χ3v) is 2.85. The van der Waals surface area contributed by atoms with Crippen molar-refractivity contribution < 1.29 is 9.90 Å². The highest BCUT2D eigenvalue weighted by Gasteiger charge is 2.09. The summed E-state index contributed by atoms with van der Waals surface area (Å²) in [5.41, 5.74) is 1.71. The molecular formula is C15H12ClNO2. The van der Waals surface area contributed by atoms with Gasteiger partial charge in [-0.2, -0.15) is 0 Å². The Bertz CT molecular complexity index is 621. The fourth-order valence-corrected chi connectivity index (χ4v) is 1.75. The number of carbonyl (C=O) groups excluding carboxylic acids is 1. The number of benzene rings is 2. The van der Waals surface area contributed by atoms with Gasteiger partial charge in [0.2, 0.25) is 0 Å². The summed E-state index contributed by atoms with van der Waals surface area (Å²) in [6.07, 6.45) is 1.70. The molecular weight excluding hydrogens is 262 g/mol. The van der Waals surface area contributed by atoms with E-state index in [-0.39, 0.29) is 17.3 Å². The standard InChI is InChI=1S/C15H12ClNO2/c1-2-10-3-5-11(6-4-10)15(19)17-13-9-12(16)7-8-14(13)18/h2-9,18H,1H2,(H,17,19).